The second-order valence-corrected chi connectivity index (χ2v) is 6.85. The number of nitrogens with one attached hydrogen (secondary N) is 1. The molecule has 1 aromatic heterocycles. The molecule has 0 aliphatic heterocycles. The van der Waals surface area contributed by atoms with Gasteiger partial charge in [0.15, 0.2) is 0 Å². The molecule has 0 atom stereocenters. The minimum atomic E-state index is -0.120. The number of anilines is 1. The van der Waals surface area contributed by atoms with Gasteiger partial charge in [0.2, 0.25) is 0 Å². The van der Waals surface area contributed by atoms with Crippen molar-refractivity contribution in [2.75, 3.05) is 5.32 Å². The maximum Gasteiger partial charge on any atom is 0.256 e. The maximum absolute atomic E-state index is 12.6. The molecule has 2 aromatic carbocycles. The molecule has 0 unspecified atom stereocenters. The molecule has 1 fully saturated rings. The highest BCUT2D eigenvalue weighted by atomic mass is 16.5. The predicted molar refractivity (Wildman–Crippen MR) is 105 cm³/mol. The molecular formula is C22H23N3O2. The van der Waals surface area contributed by atoms with Gasteiger partial charge in [-0.15, -0.1) is 0 Å². The summed E-state index contributed by atoms with van der Waals surface area (Å²) in [6.45, 7) is 0.473. The molecule has 1 amide bonds. The van der Waals surface area contributed by atoms with Gasteiger partial charge in [-0.3, -0.25) is 4.79 Å². The first-order chi connectivity index (χ1) is 13.3. The number of carbonyl (C=O) groups excluding carboxylic acids is 1. The molecule has 1 heterocycles. The molecule has 0 saturated heterocycles. The zero-order chi connectivity index (χ0) is 18.5. The maximum atomic E-state index is 12.6. The molecule has 0 spiro atoms. The largest absolute Gasteiger partial charge is 0.489 e. The number of nitrogens with zero attached hydrogens (tertiary/aromatic N) is 2. The van der Waals surface area contributed by atoms with E-state index in [-0.39, 0.29) is 5.91 Å². The van der Waals surface area contributed by atoms with Gasteiger partial charge in [-0.25, -0.2) is 4.68 Å². The predicted octanol–water partition coefficient (Wildman–Crippen LogP) is 4.83. The standard InChI is InChI=1S/C22H23N3O2/c26-22(24-21-14-15-23-25(21)19-6-4-5-7-19)18-12-10-17(11-13-18)16-27-20-8-2-1-3-9-20/h1-3,8-15,19H,4-7,16H2,(H,24,26). The Hall–Kier alpha value is -3.08. The molecule has 1 saturated carbocycles. The smallest absolute Gasteiger partial charge is 0.256 e. The number of ether oxygens (including phenoxy) is 1. The Morgan fingerprint density at radius 2 is 1.78 bits per heavy atom. The first-order valence-electron chi connectivity index (χ1n) is 9.41. The van der Waals surface area contributed by atoms with Gasteiger partial charge in [0.1, 0.15) is 18.2 Å². The van der Waals surface area contributed by atoms with Crippen LogP contribution in [0.4, 0.5) is 5.82 Å². The topological polar surface area (TPSA) is 56.2 Å². The van der Waals surface area contributed by atoms with Crippen molar-refractivity contribution in [2.24, 2.45) is 0 Å². The second-order valence-electron chi connectivity index (χ2n) is 6.85. The van der Waals surface area contributed by atoms with E-state index in [4.69, 9.17) is 4.74 Å². The van der Waals surface area contributed by atoms with Crippen molar-refractivity contribution in [3.63, 3.8) is 0 Å². The Balaban J connectivity index is 1.37. The molecule has 5 heteroatoms. The molecule has 1 aliphatic carbocycles. The Morgan fingerprint density at radius 3 is 2.52 bits per heavy atom. The lowest BCUT2D eigenvalue weighted by atomic mass is 10.1. The van der Waals surface area contributed by atoms with E-state index in [0.29, 0.717) is 18.2 Å². The number of benzene rings is 2. The number of hydrogen-bond acceptors (Lipinski definition) is 3. The van der Waals surface area contributed by atoms with E-state index in [1.807, 2.05) is 65.3 Å². The summed E-state index contributed by atoms with van der Waals surface area (Å²) in [5.41, 5.74) is 1.64. The average molecular weight is 361 g/mol. The summed E-state index contributed by atoms with van der Waals surface area (Å²) in [6.07, 6.45) is 6.45. The minimum absolute atomic E-state index is 0.120. The van der Waals surface area contributed by atoms with Gasteiger partial charge in [-0.05, 0) is 42.7 Å². The first-order valence-corrected chi connectivity index (χ1v) is 9.41. The highest BCUT2D eigenvalue weighted by Gasteiger charge is 2.20. The highest BCUT2D eigenvalue weighted by Crippen LogP contribution is 2.31. The Bertz CT molecular complexity index is 881. The average Bonchev–Trinajstić information content (AvgIpc) is 3.39. The normalized spacial score (nSPS) is 14.2. The number of amides is 1. The molecular weight excluding hydrogens is 338 g/mol. The lowest BCUT2D eigenvalue weighted by Gasteiger charge is -2.14. The summed E-state index contributed by atoms with van der Waals surface area (Å²) in [5.74, 6) is 1.48. The third-order valence-corrected chi connectivity index (χ3v) is 4.95. The molecule has 1 N–H and O–H groups in total. The lowest BCUT2D eigenvalue weighted by Crippen LogP contribution is -2.17. The van der Waals surface area contributed by atoms with Crippen molar-refractivity contribution >= 4 is 11.7 Å². The van der Waals surface area contributed by atoms with Crippen LogP contribution >= 0.6 is 0 Å². The zero-order valence-corrected chi connectivity index (χ0v) is 15.2. The first kappa shape index (κ1) is 17.3. The number of aromatic nitrogens is 2. The van der Waals surface area contributed by atoms with Crippen LogP contribution in [0.2, 0.25) is 0 Å². The molecule has 138 valence electrons. The van der Waals surface area contributed by atoms with Crippen LogP contribution in [0.15, 0.2) is 66.9 Å². The molecule has 3 aromatic rings. The lowest BCUT2D eigenvalue weighted by molar-refractivity contribution is 0.102. The minimum Gasteiger partial charge on any atom is -0.489 e. The SMILES string of the molecule is O=C(Nc1ccnn1C1CCCC1)c1ccc(COc2ccccc2)cc1. The van der Waals surface area contributed by atoms with Gasteiger partial charge in [0.05, 0.1) is 12.2 Å². The second kappa shape index (κ2) is 8.08. The number of para-hydroxylation sites is 1. The summed E-state index contributed by atoms with van der Waals surface area (Å²) < 4.78 is 7.69. The van der Waals surface area contributed by atoms with E-state index in [0.717, 1.165) is 30.0 Å². The fraction of sp³-hybridized carbons (Fsp3) is 0.273. The molecule has 5 nitrogen and oxygen atoms in total. The zero-order valence-electron chi connectivity index (χ0n) is 15.2. The van der Waals surface area contributed by atoms with Crippen molar-refractivity contribution in [1.29, 1.82) is 0 Å². The van der Waals surface area contributed by atoms with Crippen LogP contribution < -0.4 is 10.1 Å². The van der Waals surface area contributed by atoms with Crippen molar-refractivity contribution in [3.05, 3.63) is 78.0 Å². The summed E-state index contributed by atoms with van der Waals surface area (Å²) in [4.78, 5) is 12.6. The third-order valence-electron chi connectivity index (χ3n) is 4.95. The quantitative estimate of drug-likeness (QED) is 0.684. The van der Waals surface area contributed by atoms with Gasteiger partial charge >= 0.3 is 0 Å². The van der Waals surface area contributed by atoms with Crippen LogP contribution in [0.1, 0.15) is 47.6 Å². The molecule has 0 radical (unpaired) electrons. The van der Waals surface area contributed by atoms with Crippen LogP contribution in [-0.2, 0) is 6.61 Å². The van der Waals surface area contributed by atoms with E-state index >= 15 is 0 Å². The van der Waals surface area contributed by atoms with Crippen LogP contribution in [0.5, 0.6) is 5.75 Å². The Kier molecular flexibility index (Phi) is 5.19. The van der Waals surface area contributed by atoms with Gasteiger partial charge in [0, 0.05) is 11.6 Å². The van der Waals surface area contributed by atoms with E-state index < -0.39 is 0 Å². The van der Waals surface area contributed by atoms with Crippen LogP contribution in [0.25, 0.3) is 0 Å². The third kappa shape index (κ3) is 4.19. The van der Waals surface area contributed by atoms with Crippen molar-refractivity contribution in [1.82, 2.24) is 9.78 Å². The van der Waals surface area contributed by atoms with Crippen LogP contribution in [0.3, 0.4) is 0 Å². The molecule has 0 bridgehead atoms. The highest BCUT2D eigenvalue weighted by molar-refractivity contribution is 6.03. The van der Waals surface area contributed by atoms with Crippen LogP contribution in [-0.4, -0.2) is 15.7 Å². The molecule has 27 heavy (non-hydrogen) atoms. The van der Waals surface area contributed by atoms with Gasteiger partial charge in [-0.1, -0.05) is 43.2 Å². The number of carbonyl (C=O) groups is 1. The van der Waals surface area contributed by atoms with Crippen LogP contribution in [0, 0.1) is 0 Å². The van der Waals surface area contributed by atoms with Crippen molar-refractivity contribution < 1.29 is 9.53 Å². The summed E-state index contributed by atoms with van der Waals surface area (Å²) in [5, 5.41) is 7.39. The Morgan fingerprint density at radius 1 is 1.04 bits per heavy atom. The van der Waals surface area contributed by atoms with Gasteiger partial charge in [0.25, 0.3) is 5.91 Å². The van der Waals surface area contributed by atoms with Gasteiger partial charge in [-0.2, -0.15) is 5.10 Å². The number of hydrogen-bond donors (Lipinski definition) is 1. The summed E-state index contributed by atoms with van der Waals surface area (Å²) in [7, 11) is 0. The van der Waals surface area contributed by atoms with Gasteiger partial charge < -0.3 is 10.1 Å². The molecule has 1 aliphatic rings. The van der Waals surface area contributed by atoms with E-state index in [2.05, 4.69) is 10.4 Å². The number of rotatable bonds is 6. The van der Waals surface area contributed by atoms with E-state index in [1.165, 1.54) is 12.8 Å². The fourth-order valence-electron chi connectivity index (χ4n) is 3.48. The fourth-order valence-corrected chi connectivity index (χ4v) is 3.48. The van der Waals surface area contributed by atoms with E-state index in [9.17, 15) is 4.79 Å². The van der Waals surface area contributed by atoms with Crippen molar-refractivity contribution in [2.45, 2.75) is 38.3 Å². The Labute approximate surface area is 159 Å². The summed E-state index contributed by atoms with van der Waals surface area (Å²) >= 11 is 0. The summed E-state index contributed by atoms with van der Waals surface area (Å²) in [6, 6.07) is 19.5. The molecule has 4 rings (SSSR count). The van der Waals surface area contributed by atoms with Crippen molar-refractivity contribution in [3.8, 4) is 5.75 Å². The van der Waals surface area contributed by atoms with E-state index in [1.54, 1.807) is 6.20 Å². The monoisotopic (exact) mass is 361 g/mol.